The van der Waals surface area contributed by atoms with Crippen molar-refractivity contribution in [1.82, 2.24) is 4.90 Å². The maximum Gasteiger partial charge on any atom is 0.417 e. The monoisotopic (exact) mass is 582 g/mol. The van der Waals surface area contributed by atoms with E-state index in [-0.39, 0.29) is 37.4 Å². The molecule has 0 amide bonds. The second-order valence-electron chi connectivity index (χ2n) is 9.48. The number of nitrogens with zero attached hydrogens (tertiary/aromatic N) is 2. The number of rotatable bonds is 10. The number of hydrogen-bond acceptors (Lipinski definition) is 5. The van der Waals surface area contributed by atoms with Gasteiger partial charge in [0.2, 0.25) is 0 Å². The number of halogens is 4. The maximum absolute atomic E-state index is 13.7. The smallest absolute Gasteiger partial charge is 0.417 e. The van der Waals surface area contributed by atoms with Gasteiger partial charge < -0.3 is 14.7 Å². The van der Waals surface area contributed by atoms with Crippen LogP contribution in [0.5, 0.6) is 5.75 Å². The van der Waals surface area contributed by atoms with Crippen molar-refractivity contribution in [2.75, 3.05) is 30.5 Å². The average Bonchev–Trinajstić information content (AvgIpc) is 2.91. The minimum atomic E-state index is -4.62. The van der Waals surface area contributed by atoms with Crippen LogP contribution in [0, 0.1) is 0 Å². The summed E-state index contributed by atoms with van der Waals surface area (Å²) in [4.78, 5) is 1.98. The Morgan fingerprint density at radius 1 is 0.949 bits per heavy atom. The van der Waals surface area contributed by atoms with Crippen molar-refractivity contribution in [2.24, 2.45) is 0 Å². The normalized spacial score (nSPS) is 16.1. The molecule has 1 heterocycles. The lowest BCUT2D eigenvalue weighted by Crippen LogP contribution is -2.53. The molecule has 0 unspecified atom stereocenters. The van der Waals surface area contributed by atoms with Gasteiger partial charge in [0.25, 0.3) is 10.0 Å². The van der Waals surface area contributed by atoms with Gasteiger partial charge in [-0.2, -0.15) is 13.2 Å². The molecule has 1 N–H and O–H groups in total. The van der Waals surface area contributed by atoms with E-state index >= 15 is 0 Å². The highest BCUT2D eigenvalue weighted by atomic mass is 35.5. The summed E-state index contributed by atoms with van der Waals surface area (Å²) in [6, 6.07) is 21.9. The van der Waals surface area contributed by atoms with E-state index in [1.807, 2.05) is 4.90 Å². The summed E-state index contributed by atoms with van der Waals surface area (Å²) in [5, 5.41) is 10.3. The highest BCUT2D eigenvalue weighted by molar-refractivity contribution is 7.92. The lowest BCUT2D eigenvalue weighted by molar-refractivity contribution is -0.272. The predicted molar refractivity (Wildman–Crippen MR) is 144 cm³/mol. The molecule has 1 aliphatic heterocycles. The summed E-state index contributed by atoms with van der Waals surface area (Å²) in [5.41, 5.74) is -1.46. The molecule has 39 heavy (non-hydrogen) atoms. The molecule has 0 saturated carbocycles. The highest BCUT2D eigenvalue weighted by Gasteiger charge is 2.54. The van der Waals surface area contributed by atoms with E-state index in [0.717, 1.165) is 0 Å². The summed E-state index contributed by atoms with van der Waals surface area (Å²) in [5.74, 6) is 0.523. The number of likely N-dealkylation sites (tertiary alicyclic amines) is 1. The molecule has 3 aromatic rings. The quantitative estimate of drug-likeness (QED) is 0.302. The Balaban J connectivity index is 1.42. The molecule has 11 heteroatoms. The fraction of sp³-hybridized carbons (Fsp3) is 0.357. The van der Waals surface area contributed by atoms with E-state index < -0.39 is 21.8 Å². The molecule has 210 valence electrons. The van der Waals surface area contributed by atoms with E-state index in [1.54, 1.807) is 54.6 Å². The van der Waals surface area contributed by atoms with Crippen LogP contribution in [0.1, 0.15) is 24.8 Å². The number of aliphatic hydroxyl groups is 1. The third-order valence-corrected chi connectivity index (χ3v) is 8.86. The Kier molecular flexibility index (Phi) is 9.10. The maximum atomic E-state index is 13.7. The number of ether oxygens (including phenoxy) is 1. The largest absolute Gasteiger partial charge is 0.493 e. The SMILES string of the molecule is O=S(=O)(c1ccc(Cl)cc1)N(Cc1ccccc1OCCCN1CCC(O)(C(F)(F)F)CC1)c1ccccc1. The lowest BCUT2D eigenvalue weighted by Gasteiger charge is -2.39. The average molecular weight is 583 g/mol. The van der Waals surface area contributed by atoms with Gasteiger partial charge in [0.15, 0.2) is 5.60 Å². The van der Waals surface area contributed by atoms with Gasteiger partial charge in [0.05, 0.1) is 23.7 Å². The molecule has 0 atom stereocenters. The summed E-state index contributed by atoms with van der Waals surface area (Å²) in [7, 11) is -3.93. The van der Waals surface area contributed by atoms with Crippen molar-refractivity contribution < 1.29 is 31.4 Å². The summed E-state index contributed by atoms with van der Waals surface area (Å²) in [6.07, 6.45) is -4.76. The number of sulfonamides is 1. The molecule has 0 radical (unpaired) electrons. The van der Waals surface area contributed by atoms with Crippen molar-refractivity contribution >= 4 is 27.3 Å². The number of anilines is 1. The van der Waals surface area contributed by atoms with Crippen molar-refractivity contribution in [3.63, 3.8) is 0 Å². The molecule has 0 spiro atoms. The third kappa shape index (κ3) is 7.05. The zero-order valence-corrected chi connectivity index (χ0v) is 22.7. The van der Waals surface area contributed by atoms with Crippen molar-refractivity contribution in [3.8, 4) is 5.75 Å². The topological polar surface area (TPSA) is 70.1 Å². The second kappa shape index (κ2) is 12.2. The third-order valence-electron chi connectivity index (χ3n) is 6.82. The summed E-state index contributed by atoms with van der Waals surface area (Å²) >= 11 is 5.97. The van der Waals surface area contributed by atoms with E-state index in [9.17, 15) is 26.7 Å². The van der Waals surface area contributed by atoms with E-state index in [0.29, 0.717) is 41.6 Å². The van der Waals surface area contributed by atoms with Crippen LogP contribution < -0.4 is 9.04 Å². The molecule has 0 bridgehead atoms. The number of hydrogen-bond donors (Lipinski definition) is 1. The fourth-order valence-corrected chi connectivity index (χ4v) is 6.04. The van der Waals surface area contributed by atoms with E-state index in [1.165, 1.54) is 28.6 Å². The Bertz CT molecular complexity index is 1330. The molecule has 1 fully saturated rings. The molecule has 1 saturated heterocycles. The number of para-hydroxylation sites is 2. The van der Waals surface area contributed by atoms with Gasteiger partial charge in [0, 0.05) is 30.2 Å². The van der Waals surface area contributed by atoms with Crippen molar-refractivity contribution in [3.05, 3.63) is 89.4 Å². The zero-order chi connectivity index (χ0) is 28.1. The Morgan fingerprint density at radius 2 is 1.56 bits per heavy atom. The van der Waals surface area contributed by atoms with Crippen LogP contribution in [0.2, 0.25) is 5.02 Å². The molecule has 0 aliphatic carbocycles. The first-order valence-electron chi connectivity index (χ1n) is 12.6. The van der Waals surface area contributed by atoms with Gasteiger partial charge in [-0.05, 0) is 61.7 Å². The van der Waals surface area contributed by atoms with Crippen LogP contribution in [0.3, 0.4) is 0 Å². The van der Waals surface area contributed by atoms with Crippen molar-refractivity contribution in [2.45, 2.75) is 42.5 Å². The number of alkyl halides is 3. The first-order chi connectivity index (χ1) is 18.5. The van der Waals surface area contributed by atoms with Gasteiger partial charge in [0.1, 0.15) is 5.75 Å². The molecule has 4 rings (SSSR count). The summed E-state index contributed by atoms with van der Waals surface area (Å²) < 4.78 is 73.7. The molecule has 6 nitrogen and oxygen atoms in total. The van der Waals surface area contributed by atoms with E-state index in [4.69, 9.17) is 16.3 Å². The Morgan fingerprint density at radius 3 is 2.21 bits per heavy atom. The lowest BCUT2D eigenvalue weighted by atomic mass is 9.91. The van der Waals surface area contributed by atoms with Crippen LogP contribution in [0.25, 0.3) is 0 Å². The summed E-state index contributed by atoms with van der Waals surface area (Å²) in [6.45, 7) is 1.15. The van der Waals surface area contributed by atoms with Crippen molar-refractivity contribution in [1.29, 1.82) is 0 Å². The first kappa shape index (κ1) is 29.2. The van der Waals surface area contributed by atoms with Crippen LogP contribution in [-0.2, 0) is 16.6 Å². The molecule has 0 aromatic heterocycles. The standard InChI is InChI=1S/C28H30ClF3N2O4S/c29-23-11-13-25(14-12-23)39(36,37)34(24-8-2-1-3-9-24)21-22-7-4-5-10-26(22)38-20-6-17-33-18-15-27(35,16-19-33)28(30,31)32/h1-5,7-14,35H,6,15-21H2. The van der Waals surface area contributed by atoms with Crippen LogP contribution in [-0.4, -0.2) is 56.4 Å². The predicted octanol–water partition coefficient (Wildman–Crippen LogP) is 5.89. The highest BCUT2D eigenvalue weighted by Crippen LogP contribution is 2.38. The second-order valence-corrected chi connectivity index (χ2v) is 11.8. The minimum absolute atomic E-state index is 0.0211. The molecule has 3 aromatic carbocycles. The Labute approximate surface area is 231 Å². The molecular formula is C28H30ClF3N2O4S. The van der Waals surface area contributed by atoms with Crippen LogP contribution in [0.4, 0.5) is 18.9 Å². The van der Waals surface area contributed by atoms with Gasteiger partial charge in [-0.25, -0.2) is 8.42 Å². The first-order valence-corrected chi connectivity index (χ1v) is 14.4. The van der Waals surface area contributed by atoms with Gasteiger partial charge in [-0.1, -0.05) is 48.0 Å². The number of piperidine rings is 1. The van der Waals surface area contributed by atoms with E-state index in [2.05, 4.69) is 0 Å². The Hall–Kier alpha value is -2.79. The molecular weight excluding hydrogens is 553 g/mol. The van der Waals surface area contributed by atoms with Crippen LogP contribution in [0.15, 0.2) is 83.8 Å². The molecule has 1 aliphatic rings. The van der Waals surface area contributed by atoms with Gasteiger partial charge in [-0.3, -0.25) is 4.31 Å². The van der Waals surface area contributed by atoms with Gasteiger partial charge >= 0.3 is 6.18 Å². The van der Waals surface area contributed by atoms with Crippen LogP contribution >= 0.6 is 11.6 Å². The fourth-order valence-electron chi connectivity index (χ4n) is 4.47. The van der Waals surface area contributed by atoms with Gasteiger partial charge in [-0.15, -0.1) is 0 Å². The minimum Gasteiger partial charge on any atom is -0.493 e. The number of benzene rings is 3. The zero-order valence-electron chi connectivity index (χ0n) is 21.1.